The summed E-state index contributed by atoms with van der Waals surface area (Å²) in [4.78, 5) is 7.70. The van der Waals surface area contributed by atoms with E-state index in [0.717, 1.165) is 10.5 Å². The number of nitrogens with two attached hydrogens (primary N) is 2. The summed E-state index contributed by atoms with van der Waals surface area (Å²) in [5.74, 6) is -0.781. The van der Waals surface area contributed by atoms with Gasteiger partial charge < -0.3 is 31.0 Å². The zero-order chi connectivity index (χ0) is 28.4. The summed E-state index contributed by atoms with van der Waals surface area (Å²) in [7, 11) is 1.11. The van der Waals surface area contributed by atoms with Gasteiger partial charge in [-0.15, -0.1) is 0 Å². The van der Waals surface area contributed by atoms with Gasteiger partial charge >= 0.3 is 7.12 Å². The van der Waals surface area contributed by atoms with Crippen LogP contribution in [-0.4, -0.2) is 41.4 Å². The molecule has 0 atom stereocenters. The Morgan fingerprint density at radius 3 is 1.79 bits per heavy atom. The Balaban J connectivity index is 0.000000212. The number of nitrogen functional groups attached to an aromatic ring is 2. The molecule has 2 heterocycles. The number of benzene rings is 2. The number of hydrogen-bond donors (Lipinski definition) is 4. The maximum absolute atomic E-state index is 13.5. The summed E-state index contributed by atoms with van der Waals surface area (Å²) in [6, 6.07) is 11.5. The third-order valence-electron chi connectivity index (χ3n) is 4.69. The number of aromatic nitrogens is 2. The van der Waals surface area contributed by atoms with E-state index in [-0.39, 0.29) is 17.0 Å². The molecule has 0 aliphatic heterocycles. The summed E-state index contributed by atoms with van der Waals surface area (Å²) in [5.41, 5.74) is 13.7. The van der Waals surface area contributed by atoms with Gasteiger partial charge in [0.1, 0.15) is 10.3 Å². The van der Waals surface area contributed by atoms with Crippen molar-refractivity contribution in [3.63, 3.8) is 0 Å². The van der Waals surface area contributed by atoms with Crippen molar-refractivity contribution in [2.24, 2.45) is 0 Å². The van der Waals surface area contributed by atoms with E-state index in [1.807, 2.05) is 0 Å². The maximum atomic E-state index is 13.5. The zero-order valence-corrected chi connectivity index (χ0v) is 23.1. The van der Waals surface area contributed by atoms with Gasteiger partial charge in [-0.1, -0.05) is 35.3 Å². The van der Waals surface area contributed by atoms with Gasteiger partial charge in [-0.25, -0.2) is 18.7 Å². The maximum Gasteiger partial charge on any atom is 0.488 e. The molecule has 14 heteroatoms. The number of ether oxygens (including phenoxy) is 2. The lowest BCUT2D eigenvalue weighted by atomic mass is 9.80. The number of rotatable bonds is 4. The molecule has 0 spiro atoms. The number of anilines is 2. The zero-order valence-electron chi connectivity index (χ0n) is 20.0. The van der Waals surface area contributed by atoms with Crippen LogP contribution in [0.1, 0.15) is 0 Å². The van der Waals surface area contributed by atoms with E-state index in [1.165, 1.54) is 44.7 Å². The number of halogens is 5. The molecule has 4 aromatic rings. The summed E-state index contributed by atoms with van der Waals surface area (Å²) in [5, 5.41) is 18.0. The minimum Gasteiger partial charge on any atom is -0.494 e. The molecule has 0 saturated carbocycles. The van der Waals surface area contributed by atoms with Crippen molar-refractivity contribution < 1.29 is 28.3 Å². The Morgan fingerprint density at radius 2 is 1.34 bits per heavy atom. The normalized spacial score (nSPS) is 9.92. The lowest BCUT2D eigenvalue weighted by Gasteiger charge is -2.07. The Labute approximate surface area is 236 Å². The molecular formula is C24H22BBrCl2F2N4O4. The highest BCUT2D eigenvalue weighted by molar-refractivity contribution is 9.10. The average Bonchev–Trinajstić information content (AvgIpc) is 2.87. The van der Waals surface area contributed by atoms with E-state index in [1.54, 1.807) is 24.4 Å². The molecule has 0 bridgehead atoms. The molecule has 6 N–H and O–H groups in total. The number of hydrogen-bond acceptors (Lipinski definition) is 8. The SMILES string of the molecule is COc1ccc(-c2cnc(Cl)cc2N)cc1F.COc1ccc(B(O)O)cc1F.Nc1cc(Cl)ncc1Br. The largest absolute Gasteiger partial charge is 0.494 e. The first-order valence-corrected chi connectivity index (χ1v) is 12.0. The molecule has 0 unspecified atom stereocenters. The molecule has 0 amide bonds. The fourth-order valence-electron chi connectivity index (χ4n) is 2.79. The van der Waals surface area contributed by atoms with E-state index in [0.29, 0.717) is 32.8 Å². The summed E-state index contributed by atoms with van der Waals surface area (Å²) >= 11 is 14.4. The van der Waals surface area contributed by atoms with Gasteiger partial charge in [0.2, 0.25) is 0 Å². The minimum atomic E-state index is -1.65. The molecule has 2 aromatic carbocycles. The second-order valence-electron chi connectivity index (χ2n) is 7.24. The summed E-state index contributed by atoms with van der Waals surface area (Å²) in [6.45, 7) is 0. The summed E-state index contributed by atoms with van der Waals surface area (Å²) in [6.07, 6.45) is 3.08. The molecule has 2 aromatic heterocycles. The molecule has 38 heavy (non-hydrogen) atoms. The average molecular weight is 630 g/mol. The van der Waals surface area contributed by atoms with Gasteiger partial charge in [0, 0.05) is 23.6 Å². The second kappa shape index (κ2) is 14.7. The minimum absolute atomic E-state index is 0.0828. The lowest BCUT2D eigenvalue weighted by molar-refractivity contribution is 0.386. The van der Waals surface area contributed by atoms with Crippen LogP contribution < -0.4 is 26.4 Å². The molecule has 8 nitrogen and oxygen atoms in total. The molecule has 0 saturated heterocycles. The second-order valence-corrected chi connectivity index (χ2v) is 8.87. The van der Waals surface area contributed by atoms with Gasteiger partial charge in [0.25, 0.3) is 0 Å². The highest BCUT2D eigenvalue weighted by Gasteiger charge is 2.13. The monoisotopic (exact) mass is 628 g/mol. The van der Waals surface area contributed by atoms with Crippen molar-refractivity contribution in [1.82, 2.24) is 9.97 Å². The predicted molar refractivity (Wildman–Crippen MR) is 150 cm³/mol. The first-order valence-electron chi connectivity index (χ1n) is 10.5. The quantitative estimate of drug-likeness (QED) is 0.188. The van der Waals surface area contributed by atoms with Gasteiger partial charge in [-0.3, -0.25) is 0 Å². The first kappa shape index (κ1) is 31.1. The van der Waals surface area contributed by atoms with Crippen molar-refractivity contribution in [2.45, 2.75) is 0 Å². The fourth-order valence-corrected chi connectivity index (χ4v) is 3.34. The predicted octanol–water partition coefficient (Wildman–Crippen LogP) is 4.73. The first-order chi connectivity index (χ1) is 18.0. The highest BCUT2D eigenvalue weighted by atomic mass is 79.9. The molecule has 4 rings (SSSR count). The van der Waals surface area contributed by atoms with E-state index >= 15 is 0 Å². The smallest absolute Gasteiger partial charge is 0.488 e. The standard InChI is InChI=1S/C12H10ClFN2O.C7H8BFO3.C5H4BrClN2/c1-17-11-3-2-7(4-9(11)14)8-6-16-12(13)5-10(8)15;1-12-7-3-2-5(8(10)11)4-6(7)9;6-3-2-9-5(7)1-4(3)8/h2-6H,1H3,(H2,15,16);2-4,10-11H,1H3;1-2H,(H2,8,9). The van der Waals surface area contributed by atoms with Crippen molar-refractivity contribution in [3.8, 4) is 22.6 Å². The molecule has 0 fully saturated rings. The van der Waals surface area contributed by atoms with E-state index in [9.17, 15) is 8.78 Å². The van der Waals surface area contributed by atoms with E-state index in [2.05, 4.69) is 30.6 Å². The Kier molecular flexibility index (Phi) is 12.0. The van der Waals surface area contributed by atoms with Crippen molar-refractivity contribution >= 4 is 63.1 Å². The number of nitrogens with zero attached hydrogens (tertiary/aromatic N) is 2. The van der Waals surface area contributed by atoms with Crippen LogP contribution in [0.2, 0.25) is 10.3 Å². The van der Waals surface area contributed by atoms with Gasteiger partial charge in [-0.05, 0) is 63.4 Å². The topological polar surface area (TPSA) is 137 Å². The molecular weight excluding hydrogens is 608 g/mol. The van der Waals surface area contributed by atoms with Crippen molar-refractivity contribution in [2.75, 3.05) is 25.7 Å². The van der Waals surface area contributed by atoms with Crippen LogP contribution in [0.3, 0.4) is 0 Å². The van der Waals surface area contributed by atoms with Crippen LogP contribution in [-0.2, 0) is 0 Å². The lowest BCUT2D eigenvalue weighted by Crippen LogP contribution is -2.29. The molecule has 200 valence electrons. The van der Waals surface area contributed by atoms with Crippen LogP contribution in [0.5, 0.6) is 11.5 Å². The van der Waals surface area contributed by atoms with E-state index in [4.69, 9.17) is 49.5 Å². The van der Waals surface area contributed by atoms with Gasteiger partial charge in [0.15, 0.2) is 23.1 Å². The molecule has 0 aliphatic rings. The Hall–Kier alpha value is -3.16. The van der Waals surface area contributed by atoms with Crippen LogP contribution in [0, 0.1) is 11.6 Å². The third kappa shape index (κ3) is 9.00. The fraction of sp³-hybridized carbons (Fsp3) is 0.0833. The van der Waals surface area contributed by atoms with Crippen molar-refractivity contribution in [1.29, 1.82) is 0 Å². The van der Waals surface area contributed by atoms with Crippen molar-refractivity contribution in [3.05, 3.63) is 87.3 Å². The van der Waals surface area contributed by atoms with Gasteiger partial charge in [0.05, 0.1) is 24.4 Å². The van der Waals surface area contributed by atoms with Crippen LogP contribution in [0.4, 0.5) is 20.2 Å². The number of pyridine rings is 2. The van der Waals surface area contributed by atoms with Crippen LogP contribution >= 0.6 is 39.1 Å². The highest BCUT2D eigenvalue weighted by Crippen LogP contribution is 2.30. The number of methoxy groups -OCH3 is 2. The van der Waals surface area contributed by atoms with Gasteiger partial charge in [-0.2, -0.15) is 0 Å². The molecule has 0 radical (unpaired) electrons. The Morgan fingerprint density at radius 1 is 0.816 bits per heavy atom. The Bertz CT molecular complexity index is 1390. The molecule has 0 aliphatic carbocycles. The van der Waals surface area contributed by atoms with Crippen LogP contribution in [0.15, 0.2) is 65.4 Å². The van der Waals surface area contributed by atoms with Crippen LogP contribution in [0.25, 0.3) is 11.1 Å². The van der Waals surface area contributed by atoms with E-state index < -0.39 is 18.8 Å². The third-order valence-corrected chi connectivity index (χ3v) is 5.77. The summed E-state index contributed by atoms with van der Waals surface area (Å²) < 4.78 is 36.7.